The molecule has 0 aliphatic rings. The standard InChI is InChI=1S/C5H9F3O2/c1-2-3-9-4-5(6,7)10-8/h2-4H2,1H3. The summed E-state index contributed by atoms with van der Waals surface area (Å²) in [5, 5.41) is 0. The lowest BCUT2D eigenvalue weighted by molar-refractivity contribution is -0.367. The first-order valence-corrected chi connectivity index (χ1v) is 2.87. The maximum atomic E-state index is 11.8. The molecule has 0 radical (unpaired) electrons. The lowest BCUT2D eigenvalue weighted by Gasteiger charge is -2.09. The first-order chi connectivity index (χ1) is 4.62. The van der Waals surface area contributed by atoms with Gasteiger partial charge in [-0.25, -0.2) is 0 Å². The van der Waals surface area contributed by atoms with E-state index in [1.165, 1.54) is 0 Å². The molecule has 0 unspecified atom stereocenters. The summed E-state index contributed by atoms with van der Waals surface area (Å²) in [4.78, 5) is 2.33. The average Bonchev–Trinajstić information content (AvgIpc) is 1.89. The molecule has 0 aliphatic heterocycles. The molecule has 0 spiro atoms. The van der Waals surface area contributed by atoms with Crippen LogP contribution in [0.15, 0.2) is 0 Å². The van der Waals surface area contributed by atoms with Gasteiger partial charge >= 0.3 is 6.11 Å². The van der Waals surface area contributed by atoms with Crippen LogP contribution in [0.2, 0.25) is 0 Å². The third kappa shape index (κ3) is 4.58. The van der Waals surface area contributed by atoms with Gasteiger partial charge in [-0.05, 0) is 10.9 Å². The van der Waals surface area contributed by atoms with Crippen molar-refractivity contribution in [3.05, 3.63) is 0 Å². The molecule has 0 aromatic heterocycles. The SMILES string of the molecule is CCCOCC(F)(F)OF. The Bertz CT molecular complexity index is 87.0. The number of alkyl halides is 2. The van der Waals surface area contributed by atoms with Gasteiger partial charge in [0.05, 0.1) is 0 Å². The molecule has 0 aromatic carbocycles. The Hall–Kier alpha value is -0.290. The predicted molar refractivity (Wildman–Crippen MR) is 28.2 cm³/mol. The molecule has 0 aromatic rings. The Morgan fingerprint density at radius 3 is 2.40 bits per heavy atom. The largest absolute Gasteiger partial charge is 0.408 e. The van der Waals surface area contributed by atoms with Crippen LogP contribution in [0.4, 0.5) is 13.3 Å². The first kappa shape index (κ1) is 9.71. The minimum absolute atomic E-state index is 0.180. The van der Waals surface area contributed by atoms with Crippen LogP contribution in [0.5, 0.6) is 0 Å². The van der Waals surface area contributed by atoms with Crippen molar-refractivity contribution in [3.63, 3.8) is 0 Å². The second-order valence-corrected chi connectivity index (χ2v) is 1.77. The van der Waals surface area contributed by atoms with Crippen LogP contribution in [0.25, 0.3) is 0 Å². The van der Waals surface area contributed by atoms with Crippen molar-refractivity contribution in [2.45, 2.75) is 19.5 Å². The predicted octanol–water partition coefficient (Wildman–Crippen LogP) is 1.91. The molecule has 0 amide bonds. The van der Waals surface area contributed by atoms with Crippen molar-refractivity contribution in [3.8, 4) is 0 Å². The first-order valence-electron chi connectivity index (χ1n) is 2.87. The van der Waals surface area contributed by atoms with Gasteiger partial charge in [-0.15, -0.1) is 4.94 Å². The molecule has 0 aliphatic carbocycles. The minimum atomic E-state index is -3.80. The molecule has 0 bridgehead atoms. The average molecular weight is 158 g/mol. The Balaban J connectivity index is 3.28. The van der Waals surface area contributed by atoms with Gasteiger partial charge in [-0.1, -0.05) is 6.92 Å². The van der Waals surface area contributed by atoms with Crippen molar-refractivity contribution in [2.24, 2.45) is 0 Å². The van der Waals surface area contributed by atoms with Crippen LogP contribution in [-0.2, 0) is 9.68 Å². The van der Waals surface area contributed by atoms with E-state index in [-0.39, 0.29) is 6.61 Å². The van der Waals surface area contributed by atoms with Crippen LogP contribution in [0.1, 0.15) is 13.3 Å². The summed E-state index contributed by atoms with van der Waals surface area (Å²) in [6.45, 7) is 0.907. The molecule has 0 saturated carbocycles. The third-order valence-electron chi connectivity index (χ3n) is 0.731. The topological polar surface area (TPSA) is 18.5 Å². The second kappa shape index (κ2) is 4.51. The van der Waals surface area contributed by atoms with Crippen LogP contribution in [-0.4, -0.2) is 19.3 Å². The molecule has 0 heterocycles. The Kier molecular flexibility index (Phi) is 4.38. The molecule has 0 rings (SSSR count). The van der Waals surface area contributed by atoms with Gasteiger partial charge in [-0.3, -0.25) is 0 Å². The molecule has 0 saturated heterocycles. The molecule has 10 heavy (non-hydrogen) atoms. The highest BCUT2D eigenvalue weighted by Crippen LogP contribution is 2.15. The quantitative estimate of drug-likeness (QED) is 0.569. The molecule has 0 fully saturated rings. The summed E-state index contributed by atoms with van der Waals surface area (Å²) in [7, 11) is 0. The highest BCUT2D eigenvalue weighted by molar-refractivity contribution is 4.45. The van der Waals surface area contributed by atoms with Gasteiger partial charge in [0.2, 0.25) is 0 Å². The number of ether oxygens (including phenoxy) is 1. The van der Waals surface area contributed by atoms with Crippen molar-refractivity contribution in [2.75, 3.05) is 13.2 Å². The van der Waals surface area contributed by atoms with E-state index in [2.05, 4.69) is 9.68 Å². The molecule has 62 valence electrons. The third-order valence-corrected chi connectivity index (χ3v) is 0.731. The molecule has 2 nitrogen and oxygen atoms in total. The number of rotatable bonds is 5. The molecule has 0 atom stereocenters. The van der Waals surface area contributed by atoms with Gasteiger partial charge < -0.3 is 4.74 Å². The maximum absolute atomic E-state index is 11.8. The van der Waals surface area contributed by atoms with Crippen molar-refractivity contribution in [1.29, 1.82) is 0 Å². The van der Waals surface area contributed by atoms with E-state index in [0.717, 1.165) is 0 Å². The highest BCUT2D eigenvalue weighted by atomic mass is 19.4. The lowest BCUT2D eigenvalue weighted by Crippen LogP contribution is -2.24. The Morgan fingerprint density at radius 1 is 1.40 bits per heavy atom. The van der Waals surface area contributed by atoms with E-state index in [9.17, 15) is 13.3 Å². The zero-order chi connectivity index (χ0) is 8.04. The van der Waals surface area contributed by atoms with E-state index in [4.69, 9.17) is 0 Å². The summed E-state index contributed by atoms with van der Waals surface area (Å²) < 4.78 is 38.7. The Morgan fingerprint density at radius 2 is 2.00 bits per heavy atom. The minimum Gasteiger partial charge on any atom is -0.372 e. The maximum Gasteiger partial charge on any atom is 0.408 e. The van der Waals surface area contributed by atoms with Crippen LogP contribution >= 0.6 is 0 Å². The van der Waals surface area contributed by atoms with E-state index in [1.54, 1.807) is 6.92 Å². The van der Waals surface area contributed by atoms with Gasteiger partial charge in [0.1, 0.15) is 6.61 Å². The van der Waals surface area contributed by atoms with Crippen LogP contribution in [0.3, 0.4) is 0 Å². The molecule has 0 N–H and O–H groups in total. The van der Waals surface area contributed by atoms with E-state index in [0.29, 0.717) is 6.42 Å². The molecular weight excluding hydrogens is 149 g/mol. The van der Waals surface area contributed by atoms with Crippen molar-refractivity contribution in [1.82, 2.24) is 0 Å². The summed E-state index contributed by atoms with van der Waals surface area (Å²) in [6.07, 6.45) is -3.18. The van der Waals surface area contributed by atoms with E-state index >= 15 is 0 Å². The second-order valence-electron chi connectivity index (χ2n) is 1.77. The zero-order valence-corrected chi connectivity index (χ0v) is 5.57. The van der Waals surface area contributed by atoms with E-state index < -0.39 is 12.7 Å². The smallest absolute Gasteiger partial charge is 0.372 e. The summed E-state index contributed by atoms with van der Waals surface area (Å²) in [5.41, 5.74) is 0. The van der Waals surface area contributed by atoms with Gasteiger partial charge in [0.15, 0.2) is 0 Å². The normalized spacial score (nSPS) is 12.0. The fourth-order valence-electron chi connectivity index (χ4n) is 0.358. The Labute approximate surface area is 56.8 Å². The van der Waals surface area contributed by atoms with Crippen LogP contribution < -0.4 is 0 Å². The number of hydrogen-bond acceptors (Lipinski definition) is 2. The lowest BCUT2D eigenvalue weighted by atomic mass is 10.5. The molecule has 5 heteroatoms. The number of halogens is 3. The summed E-state index contributed by atoms with van der Waals surface area (Å²) in [5.74, 6) is 0. The zero-order valence-electron chi connectivity index (χ0n) is 5.57. The summed E-state index contributed by atoms with van der Waals surface area (Å²) >= 11 is 0. The van der Waals surface area contributed by atoms with Crippen molar-refractivity contribution >= 4 is 0 Å². The highest BCUT2D eigenvalue weighted by Gasteiger charge is 2.31. The number of hydrogen-bond donors (Lipinski definition) is 0. The van der Waals surface area contributed by atoms with Crippen LogP contribution in [0, 0.1) is 0 Å². The summed E-state index contributed by atoms with van der Waals surface area (Å²) in [6, 6.07) is 0. The van der Waals surface area contributed by atoms with Gasteiger partial charge in [0.25, 0.3) is 0 Å². The monoisotopic (exact) mass is 158 g/mol. The fraction of sp³-hybridized carbons (Fsp3) is 1.00. The van der Waals surface area contributed by atoms with Crippen molar-refractivity contribution < 1.29 is 23.0 Å². The molecular formula is C5H9F3O2. The fourth-order valence-corrected chi connectivity index (χ4v) is 0.358. The van der Waals surface area contributed by atoms with E-state index in [1.807, 2.05) is 0 Å². The van der Waals surface area contributed by atoms with Gasteiger partial charge in [-0.2, -0.15) is 8.78 Å². The van der Waals surface area contributed by atoms with Gasteiger partial charge in [0, 0.05) is 6.61 Å².